The molecule has 0 bridgehead atoms. The minimum absolute atomic E-state index is 0. The van der Waals surface area contributed by atoms with Crippen LogP contribution in [0.2, 0.25) is 0 Å². The van der Waals surface area contributed by atoms with Crippen molar-refractivity contribution in [3.63, 3.8) is 0 Å². The predicted octanol–water partition coefficient (Wildman–Crippen LogP) is -1.15. The first-order valence-corrected chi connectivity index (χ1v) is 11.8. The molecule has 0 radical (unpaired) electrons. The van der Waals surface area contributed by atoms with Crippen LogP contribution in [0.3, 0.4) is 0 Å². The maximum absolute atomic E-state index is 12.2. The van der Waals surface area contributed by atoms with E-state index in [-0.39, 0.29) is 48.4 Å². The zero-order valence-electron chi connectivity index (χ0n) is 15.6. The molecule has 2 saturated heterocycles. The van der Waals surface area contributed by atoms with E-state index in [1.807, 2.05) is 6.92 Å². The molecular weight excluding hydrogens is 500 g/mol. The van der Waals surface area contributed by atoms with Crippen molar-refractivity contribution in [2.45, 2.75) is 44.3 Å². The van der Waals surface area contributed by atoms with Gasteiger partial charge in [0.05, 0.1) is 6.61 Å². The topological polar surface area (TPSA) is 141 Å². The van der Waals surface area contributed by atoms with Crippen LogP contribution in [-0.2, 0) is 40.1 Å². The van der Waals surface area contributed by atoms with Gasteiger partial charge in [0.25, 0.3) is 0 Å². The minimum atomic E-state index is -3.69. The van der Waals surface area contributed by atoms with Gasteiger partial charge in [0.1, 0.15) is 18.5 Å². The SMILES string of the molecule is CCCC(=O)O[C@H]1C2OP(=O)([S-])OCC2O[C@H]1n1c(Br)nc2c(N)ncnc21.[Na+]. The van der Waals surface area contributed by atoms with E-state index in [0.717, 1.165) is 0 Å². The molecule has 29 heavy (non-hydrogen) atoms. The summed E-state index contributed by atoms with van der Waals surface area (Å²) in [6.07, 6.45) is -1.20. The fraction of sp³-hybridized carbons (Fsp3) is 0.571. The van der Waals surface area contributed by atoms with Gasteiger partial charge in [-0.15, -0.1) is 0 Å². The predicted molar refractivity (Wildman–Crippen MR) is 102 cm³/mol. The third-order valence-corrected chi connectivity index (χ3v) is 6.47. The van der Waals surface area contributed by atoms with Crippen LogP contribution in [0.25, 0.3) is 11.2 Å². The van der Waals surface area contributed by atoms with Gasteiger partial charge in [0.15, 0.2) is 40.8 Å². The summed E-state index contributed by atoms with van der Waals surface area (Å²) in [5, 5.41) is 0. The molecule has 0 saturated carbocycles. The number of anilines is 1. The summed E-state index contributed by atoms with van der Waals surface area (Å²) < 4.78 is 36.2. The monoisotopic (exact) mass is 515 g/mol. The fourth-order valence-electron chi connectivity index (χ4n) is 3.19. The molecule has 3 unspecified atom stereocenters. The van der Waals surface area contributed by atoms with Crippen molar-refractivity contribution in [2.75, 3.05) is 12.3 Å². The van der Waals surface area contributed by atoms with Gasteiger partial charge in [-0.2, -0.15) is 0 Å². The van der Waals surface area contributed by atoms with Crippen LogP contribution in [0, 0.1) is 0 Å². The molecule has 2 fully saturated rings. The van der Waals surface area contributed by atoms with Gasteiger partial charge in [-0.1, -0.05) is 6.92 Å². The van der Waals surface area contributed by atoms with Crippen molar-refractivity contribution in [2.24, 2.45) is 0 Å². The van der Waals surface area contributed by atoms with Crippen LogP contribution in [0.4, 0.5) is 5.82 Å². The van der Waals surface area contributed by atoms with Crippen molar-refractivity contribution in [3.8, 4) is 0 Å². The first kappa shape index (κ1) is 23.4. The van der Waals surface area contributed by atoms with Crippen LogP contribution < -0.4 is 35.3 Å². The van der Waals surface area contributed by atoms with Crippen LogP contribution in [0.5, 0.6) is 0 Å². The van der Waals surface area contributed by atoms with Crippen LogP contribution in [0.15, 0.2) is 11.1 Å². The molecule has 2 aliphatic rings. The van der Waals surface area contributed by atoms with Gasteiger partial charge in [-0.05, 0) is 22.4 Å². The largest absolute Gasteiger partial charge is 1.00 e. The maximum atomic E-state index is 12.2. The van der Waals surface area contributed by atoms with Crippen molar-refractivity contribution in [1.29, 1.82) is 0 Å². The molecule has 4 rings (SSSR count). The van der Waals surface area contributed by atoms with Crippen molar-refractivity contribution in [3.05, 3.63) is 11.1 Å². The Morgan fingerprint density at radius 3 is 3.00 bits per heavy atom. The number of hydrogen-bond acceptors (Lipinski definition) is 11. The molecule has 152 valence electrons. The van der Waals surface area contributed by atoms with Gasteiger partial charge in [-0.3, -0.25) is 13.9 Å². The Labute approximate surface area is 201 Å². The molecule has 15 heteroatoms. The second-order valence-electron chi connectivity index (χ2n) is 6.26. The molecule has 2 N–H and O–H groups in total. The van der Waals surface area contributed by atoms with Gasteiger partial charge in [0.2, 0.25) is 0 Å². The molecule has 5 atom stereocenters. The molecule has 2 aromatic heterocycles. The second-order valence-corrected chi connectivity index (χ2v) is 9.68. The number of esters is 1. The molecule has 4 heterocycles. The van der Waals surface area contributed by atoms with Crippen molar-refractivity contribution >= 4 is 57.9 Å². The van der Waals surface area contributed by atoms with Gasteiger partial charge >= 0.3 is 35.5 Å². The first-order valence-electron chi connectivity index (χ1n) is 8.43. The van der Waals surface area contributed by atoms with E-state index in [4.69, 9.17) is 36.5 Å². The standard InChI is InChI=1S/C14H17BrN5O6PS.Na/c1-2-3-7(21)25-10-9-6(4-23-27(22,28)26-9)24-13(10)20-12-8(19-14(20)15)11(16)17-5-18-12;/h5-6,9-10,13H,2-4H2,1H3,(H,22,28)(H2,16,17,18);/q;+1/p-1/t6?,9?,10-,13+,27?;/m0./s1. The summed E-state index contributed by atoms with van der Waals surface area (Å²) in [5.41, 5.74) is 6.61. The summed E-state index contributed by atoms with van der Waals surface area (Å²) in [6.45, 7) is -1.89. The number of hydrogen-bond donors (Lipinski definition) is 1. The summed E-state index contributed by atoms with van der Waals surface area (Å²) >= 11 is 8.21. The summed E-state index contributed by atoms with van der Waals surface area (Å²) in [7, 11) is 0. The smallest absolute Gasteiger partial charge is 0.660 e. The van der Waals surface area contributed by atoms with E-state index in [9.17, 15) is 9.36 Å². The number of ether oxygens (including phenoxy) is 2. The van der Waals surface area contributed by atoms with Crippen LogP contribution in [0.1, 0.15) is 26.0 Å². The Morgan fingerprint density at radius 1 is 1.52 bits per heavy atom. The van der Waals surface area contributed by atoms with Crippen LogP contribution in [-0.4, -0.2) is 50.4 Å². The number of halogens is 1. The van der Waals surface area contributed by atoms with E-state index in [1.165, 1.54) is 6.33 Å². The molecule has 2 aliphatic heterocycles. The van der Waals surface area contributed by atoms with E-state index in [0.29, 0.717) is 22.3 Å². The maximum Gasteiger partial charge on any atom is 1.00 e. The van der Waals surface area contributed by atoms with Gasteiger partial charge < -0.3 is 36.5 Å². The zero-order chi connectivity index (χ0) is 20.1. The number of carbonyl (C=O) groups is 1. The molecular formula is C14H16BrN5NaO6PS. The summed E-state index contributed by atoms with van der Waals surface area (Å²) in [4.78, 5) is 24.7. The van der Waals surface area contributed by atoms with Gasteiger partial charge in [0, 0.05) is 6.42 Å². The average molecular weight is 516 g/mol. The fourth-order valence-corrected chi connectivity index (χ4v) is 5.16. The molecule has 2 aromatic rings. The Kier molecular flexibility index (Phi) is 7.34. The molecule has 0 aromatic carbocycles. The Balaban J connectivity index is 0.00000240. The minimum Gasteiger partial charge on any atom is -0.660 e. The number of nitrogens with two attached hydrogens (primary N) is 1. The van der Waals surface area contributed by atoms with E-state index < -0.39 is 37.3 Å². The Morgan fingerprint density at radius 2 is 2.28 bits per heavy atom. The zero-order valence-corrected chi connectivity index (χ0v) is 20.9. The van der Waals surface area contributed by atoms with Crippen LogP contribution >= 0.6 is 22.7 Å². The second kappa shape index (κ2) is 9.09. The number of aromatic nitrogens is 4. The number of carbonyl (C=O) groups excluding carboxylic acids is 1. The molecule has 0 spiro atoms. The third-order valence-electron chi connectivity index (χ3n) is 4.37. The number of rotatable bonds is 4. The number of nitrogens with zero attached hydrogens (tertiary/aromatic N) is 4. The average Bonchev–Trinajstić information content (AvgIpc) is 3.12. The Bertz CT molecular complexity index is 981. The quantitative estimate of drug-likeness (QED) is 0.173. The van der Waals surface area contributed by atoms with Crippen molar-refractivity contribution in [1.82, 2.24) is 19.5 Å². The van der Waals surface area contributed by atoms with E-state index in [2.05, 4.69) is 30.9 Å². The molecule has 11 nitrogen and oxygen atoms in total. The van der Waals surface area contributed by atoms with E-state index in [1.54, 1.807) is 4.57 Å². The van der Waals surface area contributed by atoms with Gasteiger partial charge in [-0.25, -0.2) is 15.0 Å². The summed E-state index contributed by atoms with van der Waals surface area (Å²) in [6, 6.07) is 0. The molecule has 0 amide bonds. The number of fused-ring (bicyclic) bond motifs is 2. The normalized spacial score (nSPS) is 31.3. The summed E-state index contributed by atoms with van der Waals surface area (Å²) in [5.74, 6) is -0.250. The number of imidazole rings is 1. The Hall–Kier alpha value is -0.240. The third kappa shape index (κ3) is 4.53. The van der Waals surface area contributed by atoms with E-state index >= 15 is 0 Å². The first-order chi connectivity index (χ1) is 13.3. The molecule has 0 aliphatic carbocycles. The number of nitrogen functional groups attached to an aromatic ring is 1. The van der Waals surface area contributed by atoms with Crippen molar-refractivity contribution < 1.29 is 57.4 Å².